The monoisotopic (exact) mass is 430 g/mol. The average molecular weight is 431 g/mol. The maximum absolute atomic E-state index is 13.0. The molecule has 164 valence electrons. The van der Waals surface area contributed by atoms with Crippen LogP contribution in [0.5, 0.6) is 0 Å². The fourth-order valence-corrected chi connectivity index (χ4v) is 3.61. The zero-order valence-corrected chi connectivity index (χ0v) is 18.6. The van der Waals surface area contributed by atoms with Gasteiger partial charge < -0.3 is 10.6 Å². The Bertz CT molecular complexity index is 1330. The average Bonchev–Trinajstić information content (AvgIpc) is 3.01. The maximum atomic E-state index is 13.0. The minimum atomic E-state index is -0.426. The van der Waals surface area contributed by atoms with Crippen molar-refractivity contribution in [3.05, 3.63) is 87.0 Å². The molecular formula is C24H26N6O2. The van der Waals surface area contributed by atoms with E-state index in [4.69, 9.17) is 0 Å². The standard InChI is InChI=1S/C24H26N6O2/c1-15-5-7-19(8-6-15)13-25-22(31)14-29-24(32)30-21(28-29)12-18(4)26-23(30)27-20-10-16(2)9-17(3)11-20/h5-12H,13-14H2,1-4H3,(H,25,31)(H,26,27). The highest BCUT2D eigenvalue weighted by molar-refractivity contribution is 5.75. The van der Waals surface area contributed by atoms with Crippen LogP contribution >= 0.6 is 0 Å². The molecule has 0 saturated heterocycles. The van der Waals surface area contributed by atoms with E-state index in [1.807, 2.05) is 64.1 Å². The molecule has 2 N–H and O–H groups in total. The summed E-state index contributed by atoms with van der Waals surface area (Å²) in [4.78, 5) is 30.0. The van der Waals surface area contributed by atoms with Crippen LogP contribution in [0.15, 0.2) is 53.3 Å². The fourth-order valence-electron chi connectivity index (χ4n) is 3.61. The lowest BCUT2D eigenvalue weighted by Gasteiger charge is -2.09. The second-order valence-electron chi connectivity index (χ2n) is 8.12. The molecule has 0 aliphatic carbocycles. The van der Waals surface area contributed by atoms with Gasteiger partial charge in [-0.1, -0.05) is 35.9 Å². The molecule has 0 unspecified atom stereocenters. The molecule has 2 aromatic carbocycles. The van der Waals surface area contributed by atoms with Gasteiger partial charge in [-0.2, -0.15) is 0 Å². The Balaban J connectivity index is 1.57. The van der Waals surface area contributed by atoms with Gasteiger partial charge in [0.1, 0.15) is 6.54 Å². The smallest absolute Gasteiger partial charge is 0.350 e. The highest BCUT2D eigenvalue weighted by Gasteiger charge is 2.15. The van der Waals surface area contributed by atoms with Crippen LogP contribution in [0.4, 0.5) is 11.6 Å². The maximum Gasteiger partial charge on any atom is 0.353 e. The van der Waals surface area contributed by atoms with E-state index < -0.39 is 5.69 Å². The van der Waals surface area contributed by atoms with E-state index >= 15 is 0 Å². The number of benzene rings is 2. The number of carbonyl (C=O) groups excluding carboxylic acids is 1. The number of nitrogens with one attached hydrogen (secondary N) is 2. The van der Waals surface area contributed by atoms with Crippen molar-refractivity contribution in [2.24, 2.45) is 0 Å². The van der Waals surface area contributed by atoms with Crippen LogP contribution in [0.3, 0.4) is 0 Å². The first-order chi connectivity index (χ1) is 15.3. The van der Waals surface area contributed by atoms with Gasteiger partial charge in [-0.3, -0.25) is 4.79 Å². The Morgan fingerprint density at radius 3 is 2.31 bits per heavy atom. The molecule has 0 spiro atoms. The van der Waals surface area contributed by atoms with Crippen LogP contribution in [0, 0.1) is 27.7 Å². The van der Waals surface area contributed by atoms with Gasteiger partial charge in [0.05, 0.1) is 0 Å². The third-order valence-corrected chi connectivity index (χ3v) is 5.08. The number of aromatic nitrogens is 4. The molecule has 2 aromatic heterocycles. The topological polar surface area (TPSA) is 93.3 Å². The summed E-state index contributed by atoms with van der Waals surface area (Å²) in [6, 6.07) is 15.7. The first-order valence-electron chi connectivity index (χ1n) is 10.4. The van der Waals surface area contributed by atoms with E-state index in [-0.39, 0.29) is 12.5 Å². The molecule has 0 atom stereocenters. The van der Waals surface area contributed by atoms with Gasteiger partial charge in [0, 0.05) is 24.0 Å². The van der Waals surface area contributed by atoms with Crippen molar-refractivity contribution < 1.29 is 4.79 Å². The molecular weight excluding hydrogens is 404 g/mol. The number of rotatable bonds is 6. The van der Waals surface area contributed by atoms with Crippen molar-refractivity contribution in [2.75, 3.05) is 5.32 Å². The number of anilines is 2. The van der Waals surface area contributed by atoms with E-state index in [0.717, 1.165) is 32.6 Å². The molecule has 4 aromatic rings. The van der Waals surface area contributed by atoms with Gasteiger partial charge >= 0.3 is 5.69 Å². The Morgan fingerprint density at radius 1 is 0.938 bits per heavy atom. The number of aryl methyl sites for hydroxylation is 4. The lowest BCUT2D eigenvalue weighted by molar-refractivity contribution is -0.122. The Kier molecular flexibility index (Phi) is 5.77. The Morgan fingerprint density at radius 2 is 1.62 bits per heavy atom. The van der Waals surface area contributed by atoms with Gasteiger partial charge in [0.2, 0.25) is 11.9 Å². The normalized spacial score (nSPS) is 11.0. The number of hydrogen-bond donors (Lipinski definition) is 2. The van der Waals surface area contributed by atoms with Crippen molar-refractivity contribution in [2.45, 2.75) is 40.8 Å². The first-order valence-corrected chi connectivity index (χ1v) is 10.4. The highest BCUT2D eigenvalue weighted by Crippen LogP contribution is 2.19. The van der Waals surface area contributed by atoms with E-state index in [9.17, 15) is 9.59 Å². The molecule has 32 heavy (non-hydrogen) atoms. The number of amides is 1. The molecule has 8 heteroatoms. The molecule has 0 aliphatic rings. The quantitative estimate of drug-likeness (QED) is 0.490. The summed E-state index contributed by atoms with van der Waals surface area (Å²) >= 11 is 0. The molecule has 0 fully saturated rings. The van der Waals surface area contributed by atoms with E-state index in [1.54, 1.807) is 6.07 Å². The zero-order chi connectivity index (χ0) is 22.8. The summed E-state index contributed by atoms with van der Waals surface area (Å²) < 4.78 is 2.55. The second-order valence-corrected chi connectivity index (χ2v) is 8.12. The van der Waals surface area contributed by atoms with Crippen molar-refractivity contribution >= 4 is 23.2 Å². The van der Waals surface area contributed by atoms with Gasteiger partial charge in [0.15, 0.2) is 5.65 Å². The van der Waals surface area contributed by atoms with Crippen molar-refractivity contribution in [1.29, 1.82) is 0 Å². The molecule has 0 saturated carbocycles. The molecule has 0 radical (unpaired) electrons. The van der Waals surface area contributed by atoms with Gasteiger partial charge in [0.25, 0.3) is 0 Å². The number of nitrogens with zero attached hydrogens (tertiary/aromatic N) is 4. The fraction of sp³-hybridized carbons (Fsp3) is 0.250. The third-order valence-electron chi connectivity index (χ3n) is 5.08. The molecule has 2 heterocycles. The molecule has 4 rings (SSSR count). The van der Waals surface area contributed by atoms with E-state index in [2.05, 4.69) is 26.8 Å². The molecule has 0 aliphatic heterocycles. The third kappa shape index (κ3) is 4.69. The van der Waals surface area contributed by atoms with Gasteiger partial charge in [-0.15, -0.1) is 5.10 Å². The van der Waals surface area contributed by atoms with Crippen LogP contribution in [-0.4, -0.2) is 25.1 Å². The number of carbonyl (C=O) groups is 1. The van der Waals surface area contributed by atoms with E-state index in [0.29, 0.717) is 23.8 Å². The van der Waals surface area contributed by atoms with Crippen LogP contribution in [0.2, 0.25) is 0 Å². The molecule has 0 bridgehead atoms. The highest BCUT2D eigenvalue weighted by atomic mass is 16.2. The van der Waals surface area contributed by atoms with Crippen LogP contribution in [-0.2, 0) is 17.9 Å². The summed E-state index contributed by atoms with van der Waals surface area (Å²) in [6.07, 6.45) is 0. The van der Waals surface area contributed by atoms with E-state index in [1.165, 1.54) is 4.40 Å². The number of fused-ring (bicyclic) bond motifs is 1. The van der Waals surface area contributed by atoms with Crippen molar-refractivity contribution in [3.8, 4) is 0 Å². The minimum Gasteiger partial charge on any atom is -0.350 e. The SMILES string of the molecule is Cc1ccc(CNC(=O)Cn2nc3cc(C)nc(Nc4cc(C)cc(C)c4)n3c2=O)cc1. The zero-order valence-electron chi connectivity index (χ0n) is 18.6. The lowest BCUT2D eigenvalue weighted by atomic mass is 10.1. The summed E-state index contributed by atoms with van der Waals surface area (Å²) in [5, 5.41) is 10.4. The van der Waals surface area contributed by atoms with Crippen LogP contribution < -0.4 is 16.3 Å². The largest absolute Gasteiger partial charge is 0.353 e. The molecule has 8 nitrogen and oxygen atoms in total. The summed E-state index contributed by atoms with van der Waals surface area (Å²) in [7, 11) is 0. The van der Waals surface area contributed by atoms with Gasteiger partial charge in [-0.05, 0) is 56.5 Å². The predicted octanol–water partition coefficient (Wildman–Crippen LogP) is 3.18. The Labute approximate surface area is 185 Å². The summed E-state index contributed by atoms with van der Waals surface area (Å²) in [6.45, 7) is 8.09. The minimum absolute atomic E-state index is 0.172. The lowest BCUT2D eigenvalue weighted by Crippen LogP contribution is -2.32. The Hall–Kier alpha value is -3.94. The number of hydrogen-bond acceptors (Lipinski definition) is 5. The first kappa shape index (κ1) is 21.3. The summed E-state index contributed by atoms with van der Waals surface area (Å²) in [5.41, 5.74) is 5.90. The van der Waals surface area contributed by atoms with Gasteiger partial charge in [-0.25, -0.2) is 18.9 Å². The van der Waals surface area contributed by atoms with Crippen LogP contribution in [0.1, 0.15) is 27.9 Å². The van der Waals surface area contributed by atoms with Crippen molar-refractivity contribution in [3.63, 3.8) is 0 Å². The van der Waals surface area contributed by atoms with Crippen LogP contribution in [0.25, 0.3) is 5.65 Å². The van der Waals surface area contributed by atoms with Crippen molar-refractivity contribution in [1.82, 2.24) is 24.5 Å². The predicted molar refractivity (Wildman–Crippen MR) is 124 cm³/mol. The molecule has 1 amide bonds. The summed E-state index contributed by atoms with van der Waals surface area (Å²) in [5.74, 6) is 0.0749. The second kappa shape index (κ2) is 8.66.